The van der Waals surface area contributed by atoms with Gasteiger partial charge in [0.2, 0.25) is 5.95 Å². The fourth-order valence-corrected chi connectivity index (χ4v) is 3.25. The van der Waals surface area contributed by atoms with Crippen LogP contribution in [0.4, 0.5) is 11.6 Å². The summed E-state index contributed by atoms with van der Waals surface area (Å²) in [7, 11) is 3.94. The van der Waals surface area contributed by atoms with E-state index in [4.69, 9.17) is 0 Å². The number of hydrogen-bond acceptors (Lipinski definition) is 6. The lowest BCUT2D eigenvalue weighted by atomic mass is 10.1. The molecule has 0 aliphatic carbocycles. The van der Waals surface area contributed by atoms with Gasteiger partial charge in [0, 0.05) is 44.3 Å². The number of carbonyl (C=O) groups excluding carboxylic acids is 1. The van der Waals surface area contributed by atoms with Crippen LogP contribution in [0.5, 0.6) is 0 Å². The van der Waals surface area contributed by atoms with Gasteiger partial charge < -0.3 is 15.1 Å². The van der Waals surface area contributed by atoms with Crippen LogP contribution in [0.25, 0.3) is 0 Å². The Bertz CT molecular complexity index is 968. The quantitative estimate of drug-likeness (QED) is 0.733. The predicted octanol–water partition coefficient (Wildman–Crippen LogP) is 2.01. The first-order chi connectivity index (χ1) is 13.6. The van der Waals surface area contributed by atoms with E-state index >= 15 is 0 Å². The number of anilines is 2. The van der Waals surface area contributed by atoms with E-state index < -0.39 is 0 Å². The highest BCUT2D eigenvalue weighted by atomic mass is 16.2. The third-order valence-electron chi connectivity index (χ3n) is 4.74. The first-order valence-corrected chi connectivity index (χ1v) is 9.23. The highest BCUT2D eigenvalue weighted by Gasteiger charge is 2.23. The van der Waals surface area contributed by atoms with Crippen molar-refractivity contribution in [2.75, 3.05) is 30.9 Å². The molecule has 1 aromatic carbocycles. The van der Waals surface area contributed by atoms with Gasteiger partial charge in [0.05, 0.1) is 31.0 Å². The lowest BCUT2D eigenvalue weighted by Gasteiger charge is -2.28. The topological polar surface area (TPSA) is 79.2 Å². The zero-order valence-electron chi connectivity index (χ0n) is 16.0. The Morgan fingerprint density at radius 2 is 1.96 bits per heavy atom. The van der Waals surface area contributed by atoms with Crippen molar-refractivity contribution in [1.82, 2.24) is 24.6 Å². The average molecular weight is 377 g/mol. The van der Waals surface area contributed by atoms with Gasteiger partial charge in [-0.15, -0.1) is 0 Å². The van der Waals surface area contributed by atoms with Crippen molar-refractivity contribution in [2.45, 2.75) is 19.6 Å². The Morgan fingerprint density at radius 1 is 1.14 bits per heavy atom. The van der Waals surface area contributed by atoms with Crippen LogP contribution in [0.15, 0.2) is 48.8 Å². The fraction of sp³-hybridized carbons (Fsp3) is 0.300. The first-order valence-electron chi connectivity index (χ1n) is 9.23. The number of rotatable bonds is 5. The molecule has 1 N–H and O–H groups in total. The third kappa shape index (κ3) is 3.80. The summed E-state index contributed by atoms with van der Waals surface area (Å²) in [6.07, 6.45) is 3.39. The molecule has 0 spiro atoms. The van der Waals surface area contributed by atoms with E-state index in [-0.39, 0.29) is 5.91 Å². The van der Waals surface area contributed by atoms with Crippen LogP contribution in [-0.2, 0) is 19.6 Å². The zero-order chi connectivity index (χ0) is 19.5. The molecule has 0 fully saturated rings. The highest BCUT2D eigenvalue weighted by Crippen LogP contribution is 2.19. The monoisotopic (exact) mass is 377 g/mol. The number of benzene rings is 1. The largest absolute Gasteiger partial charge is 0.378 e. The van der Waals surface area contributed by atoms with E-state index in [0.717, 1.165) is 17.1 Å². The summed E-state index contributed by atoms with van der Waals surface area (Å²) in [6.45, 7) is 2.44. The second kappa shape index (κ2) is 7.67. The standard InChI is InChI=1S/C20H23N7O/c1-25(2)17-6-3-5-15(11-17)19(28)26-9-10-27-18(14-26)12-16(24-27)13-23-20-21-7-4-8-22-20/h3-8,11-12H,9-10,13-14H2,1-2H3,(H,21,22,23). The third-order valence-corrected chi connectivity index (χ3v) is 4.74. The van der Waals surface area contributed by atoms with Crippen molar-refractivity contribution >= 4 is 17.5 Å². The van der Waals surface area contributed by atoms with Gasteiger partial charge in [0.25, 0.3) is 5.91 Å². The molecule has 4 rings (SSSR count). The maximum absolute atomic E-state index is 13.0. The summed E-state index contributed by atoms with van der Waals surface area (Å²) < 4.78 is 1.98. The molecule has 0 saturated carbocycles. The molecule has 1 amide bonds. The SMILES string of the molecule is CN(C)c1cccc(C(=O)N2CCn3nc(CNc4ncccn4)cc3C2)c1. The predicted molar refractivity (Wildman–Crippen MR) is 107 cm³/mol. The summed E-state index contributed by atoms with van der Waals surface area (Å²) in [4.78, 5) is 25.1. The summed E-state index contributed by atoms with van der Waals surface area (Å²) in [5.74, 6) is 0.625. The fourth-order valence-electron chi connectivity index (χ4n) is 3.25. The van der Waals surface area contributed by atoms with Crippen LogP contribution >= 0.6 is 0 Å². The Hall–Kier alpha value is -3.42. The van der Waals surface area contributed by atoms with E-state index in [1.165, 1.54) is 0 Å². The number of amides is 1. The van der Waals surface area contributed by atoms with Gasteiger partial charge in [-0.25, -0.2) is 9.97 Å². The van der Waals surface area contributed by atoms with Crippen molar-refractivity contribution in [3.8, 4) is 0 Å². The lowest BCUT2D eigenvalue weighted by molar-refractivity contribution is 0.0706. The first kappa shape index (κ1) is 18.0. The van der Waals surface area contributed by atoms with Crippen LogP contribution in [0.3, 0.4) is 0 Å². The molecule has 8 heteroatoms. The number of fused-ring (bicyclic) bond motifs is 1. The lowest BCUT2D eigenvalue weighted by Crippen LogP contribution is -2.38. The van der Waals surface area contributed by atoms with Crippen LogP contribution in [0.2, 0.25) is 0 Å². The molecular formula is C20H23N7O. The van der Waals surface area contributed by atoms with Crippen LogP contribution in [0.1, 0.15) is 21.7 Å². The number of carbonyl (C=O) groups is 1. The van der Waals surface area contributed by atoms with Crippen molar-refractivity contribution < 1.29 is 4.79 Å². The molecule has 2 aromatic heterocycles. The Kier molecular flexibility index (Phi) is 4.92. The molecule has 0 saturated heterocycles. The maximum Gasteiger partial charge on any atom is 0.254 e. The van der Waals surface area contributed by atoms with Crippen molar-refractivity contribution in [3.05, 3.63) is 65.7 Å². The second-order valence-corrected chi connectivity index (χ2v) is 6.95. The van der Waals surface area contributed by atoms with E-state index in [1.54, 1.807) is 18.5 Å². The van der Waals surface area contributed by atoms with Crippen LogP contribution in [-0.4, -0.2) is 51.2 Å². The van der Waals surface area contributed by atoms with Crippen LogP contribution in [0, 0.1) is 0 Å². The molecule has 3 heterocycles. The molecular weight excluding hydrogens is 354 g/mol. The Labute approximate surface area is 163 Å². The molecule has 144 valence electrons. The summed E-state index contributed by atoms with van der Waals surface area (Å²) in [5, 5.41) is 7.79. The van der Waals surface area contributed by atoms with Crippen molar-refractivity contribution in [2.24, 2.45) is 0 Å². The highest BCUT2D eigenvalue weighted by molar-refractivity contribution is 5.95. The van der Waals surface area contributed by atoms with Gasteiger partial charge in [-0.3, -0.25) is 9.48 Å². The Balaban J connectivity index is 1.44. The number of nitrogens with one attached hydrogen (secondary N) is 1. The minimum atomic E-state index is 0.0495. The average Bonchev–Trinajstić information content (AvgIpc) is 3.14. The molecule has 0 radical (unpaired) electrons. The zero-order valence-corrected chi connectivity index (χ0v) is 16.0. The van der Waals surface area contributed by atoms with E-state index in [2.05, 4.69) is 20.4 Å². The molecule has 1 aliphatic heterocycles. The minimum Gasteiger partial charge on any atom is -0.378 e. The summed E-state index contributed by atoms with van der Waals surface area (Å²) in [6, 6.07) is 11.5. The minimum absolute atomic E-state index is 0.0495. The van der Waals surface area contributed by atoms with Gasteiger partial charge >= 0.3 is 0 Å². The van der Waals surface area contributed by atoms with E-state index in [0.29, 0.717) is 37.7 Å². The summed E-state index contributed by atoms with van der Waals surface area (Å²) >= 11 is 0. The van der Waals surface area contributed by atoms with Crippen LogP contribution < -0.4 is 10.2 Å². The smallest absolute Gasteiger partial charge is 0.254 e. The summed E-state index contributed by atoms with van der Waals surface area (Å²) in [5.41, 5.74) is 3.67. The normalized spacial score (nSPS) is 13.1. The molecule has 0 bridgehead atoms. The number of hydrogen-bond donors (Lipinski definition) is 1. The molecule has 8 nitrogen and oxygen atoms in total. The second-order valence-electron chi connectivity index (χ2n) is 6.95. The van der Waals surface area contributed by atoms with Gasteiger partial charge in [-0.2, -0.15) is 5.10 Å². The maximum atomic E-state index is 13.0. The number of aromatic nitrogens is 4. The molecule has 3 aromatic rings. The van der Waals surface area contributed by atoms with E-state index in [9.17, 15) is 4.79 Å². The molecule has 0 atom stereocenters. The Morgan fingerprint density at radius 3 is 2.75 bits per heavy atom. The molecule has 0 unspecified atom stereocenters. The molecule has 28 heavy (non-hydrogen) atoms. The van der Waals surface area contributed by atoms with Crippen molar-refractivity contribution in [3.63, 3.8) is 0 Å². The van der Waals surface area contributed by atoms with Crippen molar-refractivity contribution in [1.29, 1.82) is 0 Å². The van der Waals surface area contributed by atoms with E-state index in [1.807, 2.05) is 58.9 Å². The van der Waals surface area contributed by atoms with Gasteiger partial charge in [-0.05, 0) is 30.3 Å². The number of nitrogens with zero attached hydrogens (tertiary/aromatic N) is 6. The van der Waals surface area contributed by atoms with Gasteiger partial charge in [-0.1, -0.05) is 6.07 Å². The molecule has 1 aliphatic rings. The van der Waals surface area contributed by atoms with Gasteiger partial charge in [0.15, 0.2) is 0 Å². The van der Waals surface area contributed by atoms with Gasteiger partial charge in [0.1, 0.15) is 0 Å².